The van der Waals surface area contributed by atoms with Crippen molar-refractivity contribution in [2.45, 2.75) is 13.8 Å². The SMILES string of the molecule is Cc1nc(C)c(C=CCCl)s1. The van der Waals surface area contributed by atoms with E-state index in [9.17, 15) is 0 Å². The summed E-state index contributed by atoms with van der Waals surface area (Å²) in [5.74, 6) is 0.566. The van der Waals surface area contributed by atoms with Gasteiger partial charge in [0.05, 0.1) is 10.7 Å². The molecule has 0 N–H and O–H groups in total. The highest BCUT2D eigenvalue weighted by atomic mass is 35.5. The quantitative estimate of drug-likeness (QED) is 0.649. The van der Waals surface area contributed by atoms with E-state index < -0.39 is 0 Å². The van der Waals surface area contributed by atoms with E-state index in [2.05, 4.69) is 4.98 Å². The van der Waals surface area contributed by atoms with Crippen LogP contribution >= 0.6 is 22.9 Å². The first-order chi connectivity index (χ1) is 5.24. The molecule has 60 valence electrons. The van der Waals surface area contributed by atoms with Crippen molar-refractivity contribution < 1.29 is 0 Å². The Hall–Kier alpha value is -0.340. The summed E-state index contributed by atoms with van der Waals surface area (Å²) in [7, 11) is 0. The standard InChI is InChI=1S/C8H10ClNS/c1-6-8(4-3-5-9)11-7(2)10-6/h3-4H,5H2,1-2H3. The molecule has 1 nitrogen and oxygen atoms in total. The summed E-state index contributed by atoms with van der Waals surface area (Å²) in [6.07, 6.45) is 3.95. The van der Waals surface area contributed by atoms with E-state index in [4.69, 9.17) is 11.6 Å². The molecule has 0 aromatic carbocycles. The van der Waals surface area contributed by atoms with Crippen LogP contribution in [0.15, 0.2) is 6.08 Å². The lowest BCUT2D eigenvalue weighted by Crippen LogP contribution is -1.73. The lowest BCUT2D eigenvalue weighted by Gasteiger charge is -1.84. The molecule has 1 aromatic rings. The molecule has 0 unspecified atom stereocenters. The Labute approximate surface area is 75.7 Å². The van der Waals surface area contributed by atoms with Gasteiger partial charge in [0.1, 0.15) is 0 Å². The molecule has 0 aliphatic rings. The molecule has 0 fully saturated rings. The van der Waals surface area contributed by atoms with Crippen LogP contribution in [0.1, 0.15) is 15.6 Å². The van der Waals surface area contributed by atoms with Gasteiger partial charge in [-0.2, -0.15) is 0 Å². The van der Waals surface area contributed by atoms with Gasteiger partial charge < -0.3 is 0 Å². The van der Waals surface area contributed by atoms with E-state index in [-0.39, 0.29) is 0 Å². The number of hydrogen-bond acceptors (Lipinski definition) is 2. The predicted molar refractivity (Wildman–Crippen MR) is 51.3 cm³/mol. The number of thiazole rings is 1. The maximum atomic E-state index is 5.51. The number of aryl methyl sites for hydroxylation is 2. The number of aromatic nitrogens is 1. The van der Waals surface area contributed by atoms with Crippen molar-refractivity contribution in [1.82, 2.24) is 4.98 Å². The zero-order valence-electron chi connectivity index (χ0n) is 6.60. The van der Waals surface area contributed by atoms with E-state index in [0.29, 0.717) is 5.88 Å². The molecule has 0 spiro atoms. The normalized spacial score (nSPS) is 11.2. The number of allylic oxidation sites excluding steroid dienone is 1. The fourth-order valence-electron chi connectivity index (χ4n) is 0.853. The minimum Gasteiger partial charge on any atom is -0.246 e. The van der Waals surface area contributed by atoms with Crippen LogP contribution < -0.4 is 0 Å². The Bertz CT molecular complexity index is 265. The van der Waals surface area contributed by atoms with Gasteiger partial charge in [0, 0.05) is 10.8 Å². The van der Waals surface area contributed by atoms with Crippen LogP contribution in [0.5, 0.6) is 0 Å². The average Bonchev–Trinajstić information content (AvgIpc) is 2.26. The summed E-state index contributed by atoms with van der Waals surface area (Å²) in [4.78, 5) is 5.50. The monoisotopic (exact) mass is 187 g/mol. The Balaban J connectivity index is 2.85. The molecule has 0 saturated heterocycles. The molecular weight excluding hydrogens is 178 g/mol. The zero-order valence-corrected chi connectivity index (χ0v) is 8.17. The van der Waals surface area contributed by atoms with Crippen molar-refractivity contribution in [1.29, 1.82) is 0 Å². The van der Waals surface area contributed by atoms with Crippen molar-refractivity contribution in [3.05, 3.63) is 21.7 Å². The van der Waals surface area contributed by atoms with Gasteiger partial charge in [0.2, 0.25) is 0 Å². The molecule has 1 heterocycles. The molecule has 1 aromatic heterocycles. The van der Waals surface area contributed by atoms with Crippen molar-refractivity contribution in [2.24, 2.45) is 0 Å². The minimum atomic E-state index is 0.566. The van der Waals surface area contributed by atoms with Crippen LogP contribution in [0.3, 0.4) is 0 Å². The third-order valence-corrected chi connectivity index (χ3v) is 2.51. The molecule has 0 aliphatic heterocycles. The predicted octanol–water partition coefficient (Wildman–Crippen LogP) is 3.01. The largest absolute Gasteiger partial charge is 0.246 e. The Morgan fingerprint density at radius 3 is 2.73 bits per heavy atom. The molecule has 11 heavy (non-hydrogen) atoms. The van der Waals surface area contributed by atoms with Crippen LogP contribution in [-0.4, -0.2) is 10.9 Å². The van der Waals surface area contributed by atoms with Crippen molar-refractivity contribution in [3.63, 3.8) is 0 Å². The molecule has 0 aliphatic carbocycles. The second-order valence-corrected chi connectivity index (χ2v) is 3.78. The van der Waals surface area contributed by atoms with Crippen LogP contribution in [0.4, 0.5) is 0 Å². The topological polar surface area (TPSA) is 12.9 Å². The Morgan fingerprint density at radius 1 is 1.55 bits per heavy atom. The van der Waals surface area contributed by atoms with E-state index in [1.807, 2.05) is 26.0 Å². The highest BCUT2D eigenvalue weighted by Gasteiger charge is 1.98. The van der Waals surface area contributed by atoms with Gasteiger partial charge in [-0.1, -0.05) is 6.08 Å². The highest BCUT2D eigenvalue weighted by Crippen LogP contribution is 2.18. The van der Waals surface area contributed by atoms with E-state index in [1.54, 1.807) is 11.3 Å². The molecule has 3 heteroatoms. The molecule has 0 amide bonds. The smallest absolute Gasteiger partial charge is 0.0903 e. The van der Waals surface area contributed by atoms with Crippen molar-refractivity contribution in [2.75, 3.05) is 5.88 Å². The number of rotatable bonds is 2. The summed E-state index contributed by atoms with van der Waals surface area (Å²) in [5, 5.41) is 1.11. The zero-order chi connectivity index (χ0) is 8.27. The van der Waals surface area contributed by atoms with Crippen LogP contribution in [0.2, 0.25) is 0 Å². The van der Waals surface area contributed by atoms with Crippen molar-refractivity contribution >= 4 is 29.0 Å². The first-order valence-electron chi connectivity index (χ1n) is 3.40. The second-order valence-electron chi connectivity index (χ2n) is 2.24. The molecule has 0 saturated carbocycles. The van der Waals surface area contributed by atoms with Gasteiger partial charge in [-0.3, -0.25) is 0 Å². The Kier molecular flexibility index (Phi) is 3.09. The lowest BCUT2D eigenvalue weighted by atomic mass is 10.4. The first-order valence-corrected chi connectivity index (χ1v) is 4.75. The van der Waals surface area contributed by atoms with Crippen LogP contribution in [-0.2, 0) is 0 Å². The average molecular weight is 188 g/mol. The van der Waals surface area contributed by atoms with Gasteiger partial charge in [-0.25, -0.2) is 4.98 Å². The van der Waals surface area contributed by atoms with Gasteiger partial charge in [-0.05, 0) is 19.9 Å². The van der Waals surface area contributed by atoms with Gasteiger partial charge in [-0.15, -0.1) is 22.9 Å². The molecular formula is C8H10ClNS. The van der Waals surface area contributed by atoms with E-state index >= 15 is 0 Å². The fourth-order valence-corrected chi connectivity index (χ4v) is 1.80. The third-order valence-electron chi connectivity index (χ3n) is 1.30. The molecule has 0 atom stereocenters. The number of halogens is 1. The summed E-state index contributed by atoms with van der Waals surface area (Å²) in [6.45, 7) is 4.02. The summed E-state index contributed by atoms with van der Waals surface area (Å²) in [5.41, 5.74) is 1.09. The minimum absolute atomic E-state index is 0.566. The lowest BCUT2D eigenvalue weighted by molar-refractivity contribution is 1.20. The third kappa shape index (κ3) is 2.31. The van der Waals surface area contributed by atoms with Crippen molar-refractivity contribution in [3.8, 4) is 0 Å². The van der Waals surface area contributed by atoms with Gasteiger partial charge >= 0.3 is 0 Å². The van der Waals surface area contributed by atoms with E-state index in [1.165, 1.54) is 4.88 Å². The van der Waals surface area contributed by atoms with Gasteiger partial charge in [0.15, 0.2) is 0 Å². The van der Waals surface area contributed by atoms with E-state index in [0.717, 1.165) is 10.7 Å². The maximum Gasteiger partial charge on any atom is 0.0903 e. The summed E-state index contributed by atoms with van der Waals surface area (Å²) in [6, 6.07) is 0. The summed E-state index contributed by atoms with van der Waals surface area (Å²) < 4.78 is 0. The molecule has 1 rings (SSSR count). The number of nitrogens with zero attached hydrogens (tertiary/aromatic N) is 1. The first kappa shape index (κ1) is 8.75. The Morgan fingerprint density at radius 2 is 2.27 bits per heavy atom. The van der Waals surface area contributed by atoms with Crippen LogP contribution in [0, 0.1) is 13.8 Å². The number of alkyl halides is 1. The highest BCUT2D eigenvalue weighted by molar-refractivity contribution is 7.12. The van der Waals surface area contributed by atoms with Crippen LogP contribution in [0.25, 0.3) is 6.08 Å². The molecule has 0 radical (unpaired) electrons. The fraction of sp³-hybridized carbons (Fsp3) is 0.375. The van der Waals surface area contributed by atoms with Gasteiger partial charge in [0.25, 0.3) is 0 Å². The summed E-state index contributed by atoms with van der Waals surface area (Å²) >= 11 is 7.21. The number of hydrogen-bond donors (Lipinski definition) is 0. The second kappa shape index (κ2) is 3.88. The molecule has 0 bridgehead atoms. The maximum absolute atomic E-state index is 5.51.